The van der Waals surface area contributed by atoms with Crippen LogP contribution in [0.15, 0.2) is 42.4 Å². The maximum Gasteiger partial charge on any atom is 0.410 e. The number of H-pyrrole nitrogens is 1. The second-order valence-corrected chi connectivity index (χ2v) is 7.55. The minimum Gasteiger partial charge on any atom is -0.445 e. The van der Waals surface area contributed by atoms with E-state index in [1.54, 1.807) is 15.7 Å². The van der Waals surface area contributed by atoms with Crippen LogP contribution in [-0.2, 0) is 4.74 Å². The summed E-state index contributed by atoms with van der Waals surface area (Å²) in [6.07, 6.45) is 11.3. The summed E-state index contributed by atoms with van der Waals surface area (Å²) in [6, 6.07) is 1.99. The lowest BCUT2D eigenvalue weighted by molar-refractivity contribution is 0.116. The molecule has 8 nitrogen and oxygen atoms in total. The number of ether oxygens (including phenoxy) is 1. The predicted molar refractivity (Wildman–Crippen MR) is 104 cm³/mol. The van der Waals surface area contributed by atoms with Gasteiger partial charge in [0.15, 0.2) is 0 Å². The molecule has 8 heteroatoms. The molecule has 0 spiro atoms. The third-order valence-electron chi connectivity index (χ3n) is 5.76. The molecule has 28 heavy (non-hydrogen) atoms. The monoisotopic (exact) mass is 378 g/mol. The first-order chi connectivity index (χ1) is 13.7. The number of carbonyl (C=O) groups is 1. The number of nitrogens with zero attached hydrogens (tertiary/aromatic N) is 5. The molecule has 0 radical (unpaired) electrons. The lowest BCUT2D eigenvalue weighted by Gasteiger charge is -2.20. The van der Waals surface area contributed by atoms with Gasteiger partial charge in [-0.15, -0.1) is 5.10 Å². The van der Waals surface area contributed by atoms with Gasteiger partial charge < -0.3 is 14.6 Å². The van der Waals surface area contributed by atoms with Crippen molar-refractivity contribution in [3.05, 3.63) is 48.1 Å². The highest BCUT2D eigenvalue weighted by Gasteiger charge is 2.32. The van der Waals surface area contributed by atoms with Crippen molar-refractivity contribution in [3.8, 4) is 0 Å². The number of aromatic amines is 1. The Bertz CT molecular complexity index is 1090. The molecule has 5 rings (SSSR count). The Balaban J connectivity index is 1.30. The lowest BCUT2D eigenvalue weighted by atomic mass is 9.94. The fraction of sp³-hybridized carbons (Fsp3) is 0.400. The van der Waals surface area contributed by atoms with E-state index in [1.165, 1.54) is 5.57 Å². The van der Waals surface area contributed by atoms with Crippen LogP contribution in [0.4, 0.5) is 4.79 Å². The average molecular weight is 378 g/mol. The second-order valence-electron chi connectivity index (χ2n) is 7.55. The molecule has 1 N–H and O–H groups in total. The molecule has 4 heterocycles. The molecule has 1 fully saturated rings. The topological polar surface area (TPSA) is 88.4 Å². The Morgan fingerprint density at radius 2 is 2.36 bits per heavy atom. The normalized spacial score (nSPS) is 22.2. The van der Waals surface area contributed by atoms with Gasteiger partial charge in [0.25, 0.3) is 0 Å². The minimum absolute atomic E-state index is 0.140. The van der Waals surface area contributed by atoms with Gasteiger partial charge in [0.2, 0.25) is 0 Å². The number of hydrogen-bond acceptors (Lipinski definition) is 5. The first kappa shape index (κ1) is 17.0. The molecular formula is C20H22N6O2. The molecule has 144 valence electrons. The molecule has 1 aliphatic carbocycles. The standard InChI is InChI=1S/C20H22N6O2/c1-13-4-2-3-5-15(13)11-28-20(27)25-9-7-14(10-25)17-18-16-6-8-21-19(16)22-12-26(18)24-23-17/h2-3,5-6,8,12-14,21H,4,7,9-11H2,1H3. The predicted octanol–water partition coefficient (Wildman–Crippen LogP) is 3.05. The van der Waals surface area contributed by atoms with Crippen molar-refractivity contribution in [2.75, 3.05) is 19.7 Å². The molecule has 2 atom stereocenters. The van der Waals surface area contributed by atoms with Crippen LogP contribution in [-0.4, -0.2) is 55.5 Å². The van der Waals surface area contributed by atoms with Crippen LogP contribution in [0.1, 0.15) is 31.4 Å². The van der Waals surface area contributed by atoms with Crippen LogP contribution in [0.5, 0.6) is 0 Å². The number of fused-ring (bicyclic) bond motifs is 3. The van der Waals surface area contributed by atoms with Gasteiger partial charge in [0.05, 0.1) is 5.69 Å². The van der Waals surface area contributed by atoms with Gasteiger partial charge in [-0.25, -0.2) is 14.3 Å². The fourth-order valence-electron chi connectivity index (χ4n) is 4.06. The van der Waals surface area contributed by atoms with E-state index in [4.69, 9.17) is 4.74 Å². The third kappa shape index (κ3) is 2.85. The summed E-state index contributed by atoms with van der Waals surface area (Å²) >= 11 is 0. The first-order valence-electron chi connectivity index (χ1n) is 9.65. The van der Waals surface area contributed by atoms with Gasteiger partial charge in [-0.2, -0.15) is 0 Å². The maximum atomic E-state index is 12.5. The number of hydrogen-bond donors (Lipinski definition) is 1. The highest BCUT2D eigenvalue weighted by molar-refractivity contribution is 5.92. The average Bonchev–Trinajstić information content (AvgIpc) is 3.44. The van der Waals surface area contributed by atoms with Crippen LogP contribution in [0.2, 0.25) is 0 Å². The van der Waals surface area contributed by atoms with E-state index in [9.17, 15) is 4.79 Å². The van der Waals surface area contributed by atoms with Crippen molar-refractivity contribution < 1.29 is 9.53 Å². The molecule has 1 aliphatic heterocycles. The van der Waals surface area contributed by atoms with E-state index in [0.717, 1.165) is 35.1 Å². The number of likely N-dealkylation sites (tertiary alicyclic amines) is 1. The number of allylic oxidation sites excluding steroid dienone is 3. The van der Waals surface area contributed by atoms with Crippen LogP contribution >= 0.6 is 0 Å². The lowest BCUT2D eigenvalue weighted by Crippen LogP contribution is -2.30. The van der Waals surface area contributed by atoms with Gasteiger partial charge in [-0.3, -0.25) is 0 Å². The van der Waals surface area contributed by atoms with Crippen LogP contribution in [0.25, 0.3) is 16.6 Å². The van der Waals surface area contributed by atoms with Crippen molar-refractivity contribution >= 4 is 22.6 Å². The molecule has 0 saturated carbocycles. The fourth-order valence-corrected chi connectivity index (χ4v) is 4.06. The molecule has 1 amide bonds. The summed E-state index contributed by atoms with van der Waals surface area (Å²) < 4.78 is 7.28. The number of amides is 1. The zero-order valence-corrected chi connectivity index (χ0v) is 15.7. The quantitative estimate of drug-likeness (QED) is 0.757. The largest absolute Gasteiger partial charge is 0.445 e. The van der Waals surface area contributed by atoms with E-state index in [1.807, 2.05) is 24.4 Å². The van der Waals surface area contributed by atoms with Crippen molar-refractivity contribution in [2.24, 2.45) is 5.92 Å². The van der Waals surface area contributed by atoms with Gasteiger partial charge in [0.1, 0.15) is 24.1 Å². The Labute approximate surface area is 161 Å². The Morgan fingerprint density at radius 1 is 1.43 bits per heavy atom. The van der Waals surface area contributed by atoms with Gasteiger partial charge in [-0.1, -0.05) is 30.4 Å². The molecule has 3 aromatic rings. The van der Waals surface area contributed by atoms with E-state index in [2.05, 4.69) is 33.3 Å². The van der Waals surface area contributed by atoms with Crippen LogP contribution in [0, 0.1) is 5.92 Å². The Kier molecular flexibility index (Phi) is 4.11. The molecule has 0 bridgehead atoms. The summed E-state index contributed by atoms with van der Waals surface area (Å²) in [4.78, 5) is 21.8. The van der Waals surface area contributed by atoms with E-state index in [-0.39, 0.29) is 12.0 Å². The van der Waals surface area contributed by atoms with Crippen molar-refractivity contribution in [1.29, 1.82) is 0 Å². The summed E-state index contributed by atoms with van der Waals surface area (Å²) in [5, 5.41) is 9.60. The maximum absolute atomic E-state index is 12.5. The summed E-state index contributed by atoms with van der Waals surface area (Å²) in [6.45, 7) is 3.77. The smallest absolute Gasteiger partial charge is 0.410 e. The minimum atomic E-state index is -0.255. The van der Waals surface area contributed by atoms with E-state index in [0.29, 0.717) is 25.6 Å². The van der Waals surface area contributed by atoms with Gasteiger partial charge in [-0.05, 0) is 30.4 Å². The summed E-state index contributed by atoms with van der Waals surface area (Å²) in [7, 11) is 0. The number of carbonyl (C=O) groups excluding carboxylic acids is 1. The summed E-state index contributed by atoms with van der Waals surface area (Å²) in [5.74, 6) is 0.561. The molecule has 1 saturated heterocycles. The zero-order chi connectivity index (χ0) is 19.1. The first-order valence-corrected chi connectivity index (χ1v) is 9.65. The van der Waals surface area contributed by atoms with Crippen LogP contribution < -0.4 is 0 Å². The zero-order valence-electron chi connectivity index (χ0n) is 15.7. The Hall–Kier alpha value is -3.16. The highest BCUT2D eigenvalue weighted by Crippen LogP contribution is 2.31. The van der Waals surface area contributed by atoms with Crippen LogP contribution in [0.3, 0.4) is 0 Å². The second kappa shape index (κ2) is 6.78. The van der Waals surface area contributed by atoms with E-state index >= 15 is 0 Å². The van der Waals surface area contributed by atoms with Crippen molar-refractivity contribution in [1.82, 2.24) is 29.7 Å². The SMILES string of the molecule is CC1CC=CC=C1COC(=O)N1CCC(c2nnn3cnc4[nH]ccc4c23)C1. The molecular weight excluding hydrogens is 356 g/mol. The highest BCUT2D eigenvalue weighted by atomic mass is 16.6. The van der Waals surface area contributed by atoms with E-state index < -0.39 is 0 Å². The Morgan fingerprint density at radius 3 is 3.25 bits per heavy atom. The number of aromatic nitrogens is 5. The van der Waals surface area contributed by atoms with Crippen molar-refractivity contribution in [2.45, 2.75) is 25.7 Å². The van der Waals surface area contributed by atoms with Gasteiger partial charge in [0, 0.05) is 30.6 Å². The third-order valence-corrected chi connectivity index (χ3v) is 5.76. The molecule has 3 aromatic heterocycles. The number of nitrogens with one attached hydrogen (secondary N) is 1. The van der Waals surface area contributed by atoms with Gasteiger partial charge >= 0.3 is 6.09 Å². The van der Waals surface area contributed by atoms with Crippen molar-refractivity contribution in [3.63, 3.8) is 0 Å². The summed E-state index contributed by atoms with van der Waals surface area (Å²) in [5.41, 5.74) is 3.85. The molecule has 2 unspecified atom stereocenters. The number of rotatable bonds is 3. The molecule has 2 aliphatic rings. The molecule has 0 aromatic carbocycles.